The Kier molecular flexibility index (Phi) is 6.19. The molecule has 4 heteroatoms. The Morgan fingerprint density at radius 2 is 2.00 bits per heavy atom. The minimum atomic E-state index is -0.464. The Hall–Kier alpha value is -2.80. The topological polar surface area (TPSA) is 38.3 Å². The zero-order chi connectivity index (χ0) is 16.5. The fourth-order valence-electron chi connectivity index (χ4n) is 1.93. The number of hydrogen-bond acceptors (Lipinski definition) is 2. The predicted octanol–water partition coefficient (Wildman–Crippen LogP) is 3.80. The average Bonchev–Trinajstić information content (AvgIpc) is 2.55. The van der Waals surface area contributed by atoms with Gasteiger partial charge in [-0.3, -0.25) is 0 Å². The zero-order valence-electron chi connectivity index (χ0n) is 12.9. The average molecular weight is 311 g/mol. The third-order valence-corrected chi connectivity index (χ3v) is 3.14. The largest absolute Gasteiger partial charge is 0.445 e. The Labute approximate surface area is 135 Å². The number of hydrogen-bond donors (Lipinski definition) is 1. The highest BCUT2D eigenvalue weighted by molar-refractivity contribution is 5.67. The smallest absolute Gasteiger partial charge is 0.407 e. The number of amides is 1. The van der Waals surface area contributed by atoms with Crippen LogP contribution in [0.2, 0.25) is 0 Å². The van der Waals surface area contributed by atoms with E-state index in [4.69, 9.17) is 4.74 Å². The fraction of sp³-hybridized carbons (Fsp3) is 0.211. The first-order chi connectivity index (χ1) is 11.1. The molecule has 0 saturated heterocycles. The van der Waals surface area contributed by atoms with Crippen LogP contribution in [0.25, 0.3) is 0 Å². The van der Waals surface area contributed by atoms with Crippen LogP contribution in [0.3, 0.4) is 0 Å². The lowest BCUT2D eigenvalue weighted by Crippen LogP contribution is -2.24. The first-order valence-corrected chi connectivity index (χ1v) is 7.35. The third kappa shape index (κ3) is 5.84. The summed E-state index contributed by atoms with van der Waals surface area (Å²) in [6, 6.07) is 14.0. The number of nitrogens with one attached hydrogen (secondary N) is 1. The van der Waals surface area contributed by atoms with Gasteiger partial charge in [0.1, 0.15) is 12.4 Å². The van der Waals surface area contributed by atoms with Crippen molar-refractivity contribution in [2.75, 3.05) is 6.54 Å². The van der Waals surface area contributed by atoms with Crippen molar-refractivity contribution in [3.63, 3.8) is 0 Å². The van der Waals surface area contributed by atoms with E-state index in [0.717, 1.165) is 16.7 Å². The molecular weight excluding hydrogens is 293 g/mol. The molecule has 0 aliphatic heterocycles. The summed E-state index contributed by atoms with van der Waals surface area (Å²) in [5.74, 6) is 5.64. The van der Waals surface area contributed by atoms with Gasteiger partial charge in [-0.2, -0.15) is 0 Å². The lowest BCUT2D eigenvalue weighted by atomic mass is 10.1. The number of carbonyl (C=O) groups is 1. The van der Waals surface area contributed by atoms with Gasteiger partial charge in [-0.1, -0.05) is 42.2 Å². The lowest BCUT2D eigenvalue weighted by Gasteiger charge is -2.05. The zero-order valence-corrected chi connectivity index (χ0v) is 12.9. The number of ether oxygens (including phenoxy) is 1. The molecule has 0 aliphatic rings. The van der Waals surface area contributed by atoms with E-state index in [0.29, 0.717) is 13.0 Å². The van der Waals surface area contributed by atoms with Gasteiger partial charge in [0.25, 0.3) is 0 Å². The molecule has 0 spiro atoms. The van der Waals surface area contributed by atoms with Crippen molar-refractivity contribution in [2.24, 2.45) is 0 Å². The van der Waals surface area contributed by atoms with E-state index in [1.165, 1.54) is 12.1 Å². The predicted molar refractivity (Wildman–Crippen MR) is 87.3 cm³/mol. The van der Waals surface area contributed by atoms with E-state index in [9.17, 15) is 9.18 Å². The van der Waals surface area contributed by atoms with Crippen LogP contribution in [0.5, 0.6) is 0 Å². The Morgan fingerprint density at radius 1 is 1.22 bits per heavy atom. The van der Waals surface area contributed by atoms with Crippen LogP contribution in [-0.2, 0) is 11.3 Å². The summed E-state index contributed by atoms with van der Waals surface area (Å²) in [5, 5.41) is 2.64. The van der Waals surface area contributed by atoms with Gasteiger partial charge in [-0.05, 0) is 36.2 Å². The molecule has 0 heterocycles. The van der Waals surface area contributed by atoms with E-state index in [-0.39, 0.29) is 12.4 Å². The van der Waals surface area contributed by atoms with E-state index < -0.39 is 6.09 Å². The second-order valence-electron chi connectivity index (χ2n) is 5.00. The van der Waals surface area contributed by atoms with Gasteiger partial charge in [-0.15, -0.1) is 0 Å². The maximum atomic E-state index is 13.0. The molecule has 0 unspecified atom stereocenters. The molecule has 0 atom stereocenters. The summed E-state index contributed by atoms with van der Waals surface area (Å²) in [6.45, 7) is 2.46. The van der Waals surface area contributed by atoms with Crippen LogP contribution >= 0.6 is 0 Å². The SMILES string of the molecule is Cc1cc(F)ccc1C#CCCNC(=O)OCc1ccccc1. The molecule has 0 bridgehead atoms. The van der Waals surface area contributed by atoms with Crippen LogP contribution in [0.15, 0.2) is 48.5 Å². The number of alkyl carbamates (subject to hydrolysis) is 1. The van der Waals surface area contributed by atoms with Gasteiger partial charge in [-0.25, -0.2) is 9.18 Å². The highest BCUT2D eigenvalue weighted by Crippen LogP contribution is 2.08. The number of aryl methyl sites for hydroxylation is 1. The molecule has 0 aromatic heterocycles. The molecule has 1 amide bonds. The fourth-order valence-corrected chi connectivity index (χ4v) is 1.93. The van der Waals surface area contributed by atoms with Crippen LogP contribution in [-0.4, -0.2) is 12.6 Å². The van der Waals surface area contributed by atoms with Gasteiger partial charge >= 0.3 is 6.09 Å². The van der Waals surface area contributed by atoms with Crippen LogP contribution < -0.4 is 5.32 Å². The molecule has 23 heavy (non-hydrogen) atoms. The van der Waals surface area contributed by atoms with Crippen molar-refractivity contribution in [1.29, 1.82) is 0 Å². The standard InChI is InChI=1S/C19H18FNO2/c1-15-13-18(20)11-10-17(15)9-5-6-12-21-19(22)23-14-16-7-3-2-4-8-16/h2-4,7-8,10-11,13H,6,12,14H2,1H3,(H,21,22). The summed E-state index contributed by atoms with van der Waals surface area (Å²) in [6.07, 6.45) is 0.0330. The number of halogens is 1. The summed E-state index contributed by atoms with van der Waals surface area (Å²) in [5.41, 5.74) is 2.53. The number of carbonyl (C=O) groups excluding carboxylic acids is 1. The normalized spacial score (nSPS) is 9.65. The number of benzene rings is 2. The van der Waals surface area contributed by atoms with Gasteiger partial charge in [0.05, 0.1) is 0 Å². The lowest BCUT2D eigenvalue weighted by molar-refractivity contribution is 0.140. The number of rotatable bonds is 4. The Bertz CT molecular complexity index is 717. The van der Waals surface area contributed by atoms with Crippen LogP contribution in [0.1, 0.15) is 23.1 Å². The second-order valence-corrected chi connectivity index (χ2v) is 5.00. The van der Waals surface area contributed by atoms with Crippen molar-refractivity contribution in [2.45, 2.75) is 20.0 Å². The van der Waals surface area contributed by atoms with Crippen molar-refractivity contribution < 1.29 is 13.9 Å². The second kappa shape index (κ2) is 8.60. The van der Waals surface area contributed by atoms with Gasteiger partial charge in [0.15, 0.2) is 0 Å². The molecule has 0 fully saturated rings. The maximum absolute atomic E-state index is 13.0. The van der Waals surface area contributed by atoms with Crippen LogP contribution in [0.4, 0.5) is 9.18 Å². The van der Waals surface area contributed by atoms with Gasteiger partial charge < -0.3 is 10.1 Å². The van der Waals surface area contributed by atoms with E-state index in [1.807, 2.05) is 37.3 Å². The molecule has 118 valence electrons. The van der Waals surface area contributed by atoms with Crippen molar-refractivity contribution >= 4 is 6.09 Å². The molecule has 3 nitrogen and oxygen atoms in total. The molecule has 0 aliphatic carbocycles. The quantitative estimate of drug-likeness (QED) is 0.689. The van der Waals surface area contributed by atoms with E-state index in [1.54, 1.807) is 6.07 Å². The summed E-state index contributed by atoms with van der Waals surface area (Å²) < 4.78 is 18.1. The maximum Gasteiger partial charge on any atom is 0.407 e. The molecule has 2 rings (SSSR count). The molecule has 1 N–H and O–H groups in total. The van der Waals surface area contributed by atoms with Crippen molar-refractivity contribution in [3.05, 3.63) is 71.0 Å². The summed E-state index contributed by atoms with van der Waals surface area (Å²) in [7, 11) is 0. The monoisotopic (exact) mass is 311 g/mol. The van der Waals surface area contributed by atoms with Crippen molar-refractivity contribution in [1.82, 2.24) is 5.32 Å². The molecule has 2 aromatic rings. The first kappa shape index (κ1) is 16.6. The van der Waals surface area contributed by atoms with Crippen molar-refractivity contribution in [3.8, 4) is 11.8 Å². The third-order valence-electron chi connectivity index (χ3n) is 3.14. The first-order valence-electron chi connectivity index (χ1n) is 7.35. The highest BCUT2D eigenvalue weighted by atomic mass is 19.1. The van der Waals surface area contributed by atoms with Crippen LogP contribution in [0, 0.1) is 24.6 Å². The molecule has 2 aromatic carbocycles. The minimum Gasteiger partial charge on any atom is -0.445 e. The van der Waals surface area contributed by atoms with E-state index >= 15 is 0 Å². The molecular formula is C19H18FNO2. The van der Waals surface area contributed by atoms with Gasteiger partial charge in [0.2, 0.25) is 0 Å². The Balaban J connectivity index is 1.69. The molecule has 0 radical (unpaired) electrons. The van der Waals surface area contributed by atoms with E-state index in [2.05, 4.69) is 17.2 Å². The molecule has 0 saturated carbocycles. The highest BCUT2D eigenvalue weighted by Gasteiger charge is 2.01. The minimum absolute atomic E-state index is 0.243. The summed E-state index contributed by atoms with van der Waals surface area (Å²) >= 11 is 0. The summed E-state index contributed by atoms with van der Waals surface area (Å²) in [4.78, 5) is 11.5. The Morgan fingerprint density at radius 3 is 2.74 bits per heavy atom. The van der Waals surface area contributed by atoms with Gasteiger partial charge in [0, 0.05) is 18.5 Å².